The Labute approximate surface area is 121 Å². The highest BCUT2D eigenvalue weighted by Gasteiger charge is 2.03. The van der Waals surface area contributed by atoms with E-state index in [-0.39, 0.29) is 5.91 Å². The van der Waals surface area contributed by atoms with E-state index >= 15 is 0 Å². The van der Waals surface area contributed by atoms with Crippen molar-refractivity contribution in [1.82, 2.24) is 5.32 Å². The van der Waals surface area contributed by atoms with Crippen LogP contribution in [0.1, 0.15) is 33.6 Å². The Kier molecular flexibility index (Phi) is 7.73. The molecule has 1 amide bonds. The predicted molar refractivity (Wildman–Crippen MR) is 83.2 cm³/mol. The van der Waals surface area contributed by atoms with Crippen molar-refractivity contribution in [2.75, 3.05) is 25.0 Å². The van der Waals surface area contributed by atoms with Crippen LogP contribution in [0.15, 0.2) is 24.3 Å². The largest absolute Gasteiger partial charge is 0.493 e. The van der Waals surface area contributed by atoms with Crippen LogP contribution in [0.5, 0.6) is 5.75 Å². The highest BCUT2D eigenvalue weighted by atomic mass is 16.5. The minimum Gasteiger partial charge on any atom is -0.493 e. The fraction of sp³-hybridized carbons (Fsp3) is 0.562. The van der Waals surface area contributed by atoms with E-state index in [0.29, 0.717) is 19.1 Å². The van der Waals surface area contributed by atoms with Gasteiger partial charge in [0.25, 0.3) is 0 Å². The van der Waals surface area contributed by atoms with Crippen LogP contribution < -0.4 is 15.4 Å². The normalized spacial score (nSPS) is 10.6. The molecule has 0 aliphatic rings. The topological polar surface area (TPSA) is 50.4 Å². The van der Waals surface area contributed by atoms with Gasteiger partial charge < -0.3 is 15.4 Å². The van der Waals surface area contributed by atoms with Crippen LogP contribution in [-0.2, 0) is 4.79 Å². The second kappa shape index (κ2) is 9.37. The molecule has 20 heavy (non-hydrogen) atoms. The van der Waals surface area contributed by atoms with Crippen molar-refractivity contribution in [2.45, 2.75) is 33.6 Å². The van der Waals surface area contributed by atoms with Crippen molar-refractivity contribution < 1.29 is 9.53 Å². The van der Waals surface area contributed by atoms with Gasteiger partial charge in [0.2, 0.25) is 5.91 Å². The summed E-state index contributed by atoms with van der Waals surface area (Å²) >= 11 is 0. The average molecular weight is 278 g/mol. The number of unbranched alkanes of at least 4 members (excludes halogenated alkanes) is 1. The van der Waals surface area contributed by atoms with Gasteiger partial charge >= 0.3 is 0 Å². The van der Waals surface area contributed by atoms with Gasteiger partial charge in [-0.05, 0) is 31.0 Å². The number of carbonyl (C=O) groups is 1. The van der Waals surface area contributed by atoms with Gasteiger partial charge in [-0.15, -0.1) is 0 Å². The first-order chi connectivity index (χ1) is 9.61. The average Bonchev–Trinajstić information content (AvgIpc) is 2.42. The van der Waals surface area contributed by atoms with E-state index < -0.39 is 0 Å². The van der Waals surface area contributed by atoms with Crippen LogP contribution in [0.3, 0.4) is 0 Å². The molecule has 112 valence electrons. The minimum atomic E-state index is -0.0258. The molecule has 0 aliphatic heterocycles. The molecule has 2 N–H and O–H groups in total. The highest BCUT2D eigenvalue weighted by molar-refractivity contribution is 5.92. The van der Waals surface area contributed by atoms with Crippen LogP contribution >= 0.6 is 0 Å². The summed E-state index contributed by atoms with van der Waals surface area (Å²) in [4.78, 5) is 11.7. The fourth-order valence-corrected chi connectivity index (χ4v) is 1.64. The van der Waals surface area contributed by atoms with Crippen molar-refractivity contribution in [1.29, 1.82) is 0 Å². The number of benzene rings is 1. The summed E-state index contributed by atoms with van der Waals surface area (Å²) < 4.78 is 5.64. The van der Waals surface area contributed by atoms with Crippen molar-refractivity contribution in [2.24, 2.45) is 5.92 Å². The number of rotatable bonds is 9. The van der Waals surface area contributed by atoms with Gasteiger partial charge in [0.05, 0.1) is 13.2 Å². The predicted octanol–water partition coefficient (Wildman–Crippen LogP) is 3.05. The van der Waals surface area contributed by atoms with E-state index in [1.807, 2.05) is 24.3 Å². The van der Waals surface area contributed by atoms with E-state index in [0.717, 1.165) is 30.8 Å². The summed E-state index contributed by atoms with van der Waals surface area (Å²) in [6.45, 7) is 8.24. The molecule has 0 fully saturated rings. The summed E-state index contributed by atoms with van der Waals surface area (Å²) in [5.41, 5.74) is 0.772. The third kappa shape index (κ3) is 7.14. The molecule has 0 heterocycles. The van der Waals surface area contributed by atoms with E-state index in [1.165, 1.54) is 0 Å². The van der Waals surface area contributed by atoms with Crippen LogP contribution in [0.2, 0.25) is 0 Å². The van der Waals surface area contributed by atoms with Gasteiger partial charge in [0.1, 0.15) is 5.75 Å². The molecule has 0 spiro atoms. The van der Waals surface area contributed by atoms with E-state index in [2.05, 4.69) is 31.4 Å². The second-order valence-corrected chi connectivity index (χ2v) is 5.31. The molecule has 1 aromatic rings. The molecule has 0 saturated carbocycles. The maximum Gasteiger partial charge on any atom is 0.238 e. The molecular weight excluding hydrogens is 252 g/mol. The van der Waals surface area contributed by atoms with Gasteiger partial charge in [-0.3, -0.25) is 4.79 Å². The molecule has 0 bridgehead atoms. The maximum atomic E-state index is 11.7. The van der Waals surface area contributed by atoms with E-state index in [9.17, 15) is 4.79 Å². The maximum absolute atomic E-state index is 11.7. The minimum absolute atomic E-state index is 0.0258. The smallest absolute Gasteiger partial charge is 0.238 e. The Morgan fingerprint density at radius 1 is 1.35 bits per heavy atom. The standard InChI is InChI=1S/C16H26N2O2/c1-4-5-9-17-11-16(19)18-14-7-6-8-15(10-14)20-12-13(2)3/h6-8,10,13,17H,4-5,9,11-12H2,1-3H3,(H,18,19). The van der Waals surface area contributed by atoms with E-state index in [1.54, 1.807) is 0 Å². The molecule has 0 saturated heterocycles. The van der Waals surface area contributed by atoms with Crippen LogP contribution in [0.25, 0.3) is 0 Å². The summed E-state index contributed by atoms with van der Waals surface area (Å²) in [5, 5.41) is 5.98. The summed E-state index contributed by atoms with van der Waals surface area (Å²) in [5.74, 6) is 1.24. The number of anilines is 1. The Morgan fingerprint density at radius 2 is 2.15 bits per heavy atom. The third-order valence-electron chi connectivity index (χ3n) is 2.69. The van der Waals surface area contributed by atoms with E-state index in [4.69, 9.17) is 4.74 Å². The molecule has 4 heteroatoms. The first-order valence-corrected chi connectivity index (χ1v) is 7.35. The zero-order valence-electron chi connectivity index (χ0n) is 12.7. The van der Waals surface area contributed by atoms with Crippen molar-refractivity contribution >= 4 is 11.6 Å². The van der Waals surface area contributed by atoms with Gasteiger partial charge in [-0.25, -0.2) is 0 Å². The molecule has 0 atom stereocenters. The summed E-state index contributed by atoms with van der Waals surface area (Å²) in [7, 11) is 0. The Balaban J connectivity index is 2.39. The van der Waals surface area contributed by atoms with Crippen LogP contribution in [0, 0.1) is 5.92 Å². The first kappa shape index (κ1) is 16.5. The van der Waals surface area contributed by atoms with Crippen LogP contribution in [0.4, 0.5) is 5.69 Å². The van der Waals surface area contributed by atoms with Gasteiger partial charge in [-0.2, -0.15) is 0 Å². The zero-order valence-corrected chi connectivity index (χ0v) is 12.7. The number of hydrogen-bond acceptors (Lipinski definition) is 3. The molecular formula is C16H26N2O2. The van der Waals surface area contributed by atoms with Crippen LogP contribution in [-0.4, -0.2) is 25.6 Å². The number of hydrogen-bond donors (Lipinski definition) is 2. The Morgan fingerprint density at radius 3 is 2.85 bits per heavy atom. The number of carbonyl (C=O) groups excluding carboxylic acids is 1. The Bertz CT molecular complexity index is 405. The Hall–Kier alpha value is -1.55. The number of nitrogens with one attached hydrogen (secondary N) is 2. The molecule has 0 radical (unpaired) electrons. The number of ether oxygens (including phenoxy) is 1. The lowest BCUT2D eigenvalue weighted by atomic mass is 10.2. The van der Waals surface area contributed by atoms with Gasteiger partial charge in [0.15, 0.2) is 0 Å². The molecule has 0 aromatic heterocycles. The summed E-state index contributed by atoms with van der Waals surface area (Å²) in [6.07, 6.45) is 2.22. The molecule has 0 aliphatic carbocycles. The number of amides is 1. The van der Waals surface area contributed by atoms with Crippen molar-refractivity contribution in [3.05, 3.63) is 24.3 Å². The zero-order chi connectivity index (χ0) is 14.8. The molecule has 1 aromatic carbocycles. The second-order valence-electron chi connectivity index (χ2n) is 5.31. The quantitative estimate of drug-likeness (QED) is 0.683. The SMILES string of the molecule is CCCCNCC(=O)Nc1cccc(OCC(C)C)c1. The molecule has 1 rings (SSSR count). The fourth-order valence-electron chi connectivity index (χ4n) is 1.64. The first-order valence-electron chi connectivity index (χ1n) is 7.35. The van der Waals surface area contributed by atoms with Gasteiger partial charge in [0, 0.05) is 11.8 Å². The lowest BCUT2D eigenvalue weighted by Gasteiger charge is -2.11. The molecule has 4 nitrogen and oxygen atoms in total. The lowest BCUT2D eigenvalue weighted by Crippen LogP contribution is -2.28. The third-order valence-corrected chi connectivity index (χ3v) is 2.69. The van der Waals surface area contributed by atoms with Gasteiger partial charge in [-0.1, -0.05) is 33.3 Å². The highest BCUT2D eigenvalue weighted by Crippen LogP contribution is 2.17. The van der Waals surface area contributed by atoms with Crippen molar-refractivity contribution in [3.8, 4) is 5.75 Å². The van der Waals surface area contributed by atoms with Crippen molar-refractivity contribution in [3.63, 3.8) is 0 Å². The lowest BCUT2D eigenvalue weighted by molar-refractivity contribution is -0.115. The molecule has 0 unspecified atom stereocenters. The monoisotopic (exact) mass is 278 g/mol. The summed E-state index contributed by atoms with van der Waals surface area (Å²) in [6, 6.07) is 7.51.